The van der Waals surface area contributed by atoms with E-state index in [-0.39, 0.29) is 0 Å². The van der Waals surface area contributed by atoms with E-state index in [9.17, 15) is 0 Å². The van der Waals surface area contributed by atoms with E-state index in [0.29, 0.717) is 6.04 Å². The summed E-state index contributed by atoms with van der Waals surface area (Å²) in [6, 6.07) is 8.77. The lowest BCUT2D eigenvalue weighted by Gasteiger charge is -2.16. The molecule has 0 aliphatic heterocycles. The van der Waals surface area contributed by atoms with E-state index >= 15 is 0 Å². The Morgan fingerprint density at radius 2 is 2.17 bits per heavy atom. The van der Waals surface area contributed by atoms with Crippen molar-refractivity contribution >= 4 is 34.3 Å². The minimum Gasteiger partial charge on any atom is -0.305 e. The average molecular weight is 298 g/mol. The van der Waals surface area contributed by atoms with Crippen molar-refractivity contribution in [1.82, 2.24) is 5.32 Å². The van der Waals surface area contributed by atoms with E-state index in [2.05, 4.69) is 28.9 Å². The molecule has 1 aliphatic carbocycles. The molecule has 0 spiro atoms. The van der Waals surface area contributed by atoms with Crippen molar-refractivity contribution in [3.63, 3.8) is 0 Å². The lowest BCUT2D eigenvalue weighted by Crippen LogP contribution is -2.22. The molecule has 1 nitrogen and oxygen atoms in total. The molecule has 1 N–H and O–H groups in total. The van der Waals surface area contributed by atoms with Crippen molar-refractivity contribution in [3.8, 4) is 0 Å². The maximum absolute atomic E-state index is 6.05. The molecule has 1 unspecified atom stereocenters. The van der Waals surface area contributed by atoms with Gasteiger partial charge in [0.05, 0.1) is 10.4 Å². The van der Waals surface area contributed by atoms with Gasteiger partial charge < -0.3 is 5.32 Å². The number of thiophene rings is 2. The molecular weight excluding hydrogens is 282 g/mol. The molecule has 1 atom stereocenters. The third-order valence-corrected chi connectivity index (χ3v) is 5.54. The van der Waals surface area contributed by atoms with Crippen molar-refractivity contribution in [2.24, 2.45) is 5.92 Å². The van der Waals surface area contributed by atoms with Crippen LogP contribution in [0.1, 0.15) is 35.1 Å². The molecule has 0 saturated heterocycles. The Balaban J connectivity index is 1.70. The molecule has 1 fully saturated rings. The number of hydrogen-bond acceptors (Lipinski definition) is 3. The van der Waals surface area contributed by atoms with Gasteiger partial charge in [-0.2, -0.15) is 0 Å². The van der Waals surface area contributed by atoms with Gasteiger partial charge in [0.1, 0.15) is 0 Å². The van der Waals surface area contributed by atoms with Crippen LogP contribution in [0.5, 0.6) is 0 Å². The molecule has 18 heavy (non-hydrogen) atoms. The van der Waals surface area contributed by atoms with Crippen LogP contribution in [0.25, 0.3) is 0 Å². The molecule has 0 amide bonds. The zero-order chi connectivity index (χ0) is 12.4. The van der Waals surface area contributed by atoms with Gasteiger partial charge in [0.2, 0.25) is 0 Å². The molecule has 0 aromatic carbocycles. The average Bonchev–Trinajstić information content (AvgIpc) is 2.87. The number of halogens is 1. The number of hydrogen-bond donors (Lipinski definition) is 1. The molecule has 0 bridgehead atoms. The summed E-state index contributed by atoms with van der Waals surface area (Å²) in [4.78, 5) is 2.70. The quantitative estimate of drug-likeness (QED) is 0.796. The largest absolute Gasteiger partial charge is 0.305 e. The number of rotatable bonds is 6. The second-order valence-corrected chi connectivity index (χ2v) is 7.50. The molecule has 1 aliphatic rings. The first-order chi connectivity index (χ1) is 8.83. The van der Waals surface area contributed by atoms with Gasteiger partial charge in [0.15, 0.2) is 0 Å². The lowest BCUT2D eigenvalue weighted by molar-refractivity contribution is 0.571. The van der Waals surface area contributed by atoms with Crippen LogP contribution in [-0.2, 0) is 0 Å². The number of nitrogens with one attached hydrogen (secondary N) is 1. The Kier molecular flexibility index (Phi) is 4.04. The summed E-state index contributed by atoms with van der Waals surface area (Å²) in [7, 11) is 0. The Bertz CT molecular complexity index is 488. The summed E-state index contributed by atoms with van der Waals surface area (Å²) in [6.45, 7) is 1.10. The maximum atomic E-state index is 6.05. The topological polar surface area (TPSA) is 12.0 Å². The van der Waals surface area contributed by atoms with E-state index in [4.69, 9.17) is 11.6 Å². The van der Waals surface area contributed by atoms with Crippen molar-refractivity contribution in [3.05, 3.63) is 43.7 Å². The van der Waals surface area contributed by atoms with E-state index < -0.39 is 0 Å². The minimum absolute atomic E-state index is 0.321. The van der Waals surface area contributed by atoms with Gasteiger partial charge in [-0.3, -0.25) is 0 Å². The Morgan fingerprint density at radius 3 is 2.78 bits per heavy atom. The standard InChI is InChI=1S/C14H16ClNS2/c15-13-6-5-12(18-13)14(11-2-1-9-17-11)16-8-7-10-3-4-10/h1-2,5-6,9-10,14,16H,3-4,7-8H2. The highest BCUT2D eigenvalue weighted by molar-refractivity contribution is 7.16. The van der Waals surface area contributed by atoms with Crippen LogP contribution >= 0.6 is 34.3 Å². The van der Waals surface area contributed by atoms with Crippen molar-refractivity contribution in [2.75, 3.05) is 6.54 Å². The van der Waals surface area contributed by atoms with Gasteiger partial charge >= 0.3 is 0 Å². The summed E-state index contributed by atoms with van der Waals surface area (Å²) in [5, 5.41) is 5.82. The van der Waals surface area contributed by atoms with Crippen molar-refractivity contribution in [2.45, 2.75) is 25.3 Å². The first-order valence-corrected chi connectivity index (χ1v) is 8.42. The fraction of sp³-hybridized carbons (Fsp3) is 0.429. The Labute approximate surface area is 121 Å². The lowest BCUT2D eigenvalue weighted by atomic mass is 10.2. The van der Waals surface area contributed by atoms with Crippen LogP contribution < -0.4 is 5.32 Å². The van der Waals surface area contributed by atoms with Crippen LogP contribution in [0.4, 0.5) is 0 Å². The third-order valence-electron chi connectivity index (χ3n) is 3.30. The summed E-state index contributed by atoms with van der Waals surface area (Å²) in [5.41, 5.74) is 0. The van der Waals surface area contributed by atoms with Gasteiger partial charge in [-0.25, -0.2) is 0 Å². The molecule has 0 radical (unpaired) electrons. The molecule has 3 rings (SSSR count). The second-order valence-electron chi connectivity index (χ2n) is 4.78. The van der Waals surface area contributed by atoms with Crippen LogP contribution in [0.3, 0.4) is 0 Å². The van der Waals surface area contributed by atoms with Crippen LogP contribution in [0, 0.1) is 5.92 Å². The second kappa shape index (κ2) is 5.74. The van der Waals surface area contributed by atoms with Gasteiger partial charge in [-0.1, -0.05) is 30.5 Å². The highest BCUT2D eigenvalue weighted by atomic mass is 35.5. The minimum atomic E-state index is 0.321. The predicted octanol–water partition coefficient (Wildman–Crippen LogP) is 4.94. The predicted molar refractivity (Wildman–Crippen MR) is 80.8 cm³/mol. The normalized spacial score (nSPS) is 16.9. The summed E-state index contributed by atoms with van der Waals surface area (Å²) in [6.07, 6.45) is 4.16. The van der Waals surface area contributed by atoms with E-state index in [1.165, 1.54) is 29.0 Å². The van der Waals surface area contributed by atoms with Gasteiger partial charge in [-0.15, -0.1) is 22.7 Å². The van der Waals surface area contributed by atoms with E-state index in [0.717, 1.165) is 16.8 Å². The maximum Gasteiger partial charge on any atom is 0.0931 e. The Morgan fingerprint density at radius 1 is 1.28 bits per heavy atom. The molecule has 96 valence electrons. The SMILES string of the molecule is Clc1ccc(C(NCCC2CC2)c2cccs2)s1. The summed E-state index contributed by atoms with van der Waals surface area (Å²) >= 11 is 9.54. The first-order valence-electron chi connectivity index (χ1n) is 6.35. The van der Waals surface area contributed by atoms with Crippen molar-refractivity contribution in [1.29, 1.82) is 0 Å². The van der Waals surface area contributed by atoms with Crippen LogP contribution in [0.2, 0.25) is 4.34 Å². The van der Waals surface area contributed by atoms with Crippen LogP contribution in [0.15, 0.2) is 29.6 Å². The third kappa shape index (κ3) is 3.15. The fourth-order valence-electron chi connectivity index (χ4n) is 2.12. The summed E-state index contributed by atoms with van der Waals surface area (Å²) in [5.74, 6) is 0.980. The molecular formula is C14H16ClNS2. The molecule has 2 aromatic rings. The molecule has 1 saturated carbocycles. The molecule has 2 heterocycles. The van der Waals surface area contributed by atoms with E-state index in [1.807, 2.05) is 17.4 Å². The molecule has 2 aromatic heterocycles. The van der Waals surface area contributed by atoms with Gasteiger partial charge in [-0.05, 0) is 42.5 Å². The highest BCUT2D eigenvalue weighted by Crippen LogP contribution is 2.35. The highest BCUT2D eigenvalue weighted by Gasteiger charge is 2.22. The summed E-state index contributed by atoms with van der Waals surface area (Å²) < 4.78 is 0.871. The monoisotopic (exact) mass is 297 g/mol. The molecule has 4 heteroatoms. The zero-order valence-corrected chi connectivity index (χ0v) is 12.5. The van der Waals surface area contributed by atoms with E-state index in [1.54, 1.807) is 11.3 Å². The zero-order valence-electron chi connectivity index (χ0n) is 10.1. The first kappa shape index (κ1) is 12.7. The van der Waals surface area contributed by atoms with Crippen LogP contribution in [-0.4, -0.2) is 6.54 Å². The van der Waals surface area contributed by atoms with Gasteiger partial charge in [0, 0.05) is 9.75 Å². The van der Waals surface area contributed by atoms with Crippen molar-refractivity contribution < 1.29 is 0 Å². The fourth-order valence-corrected chi connectivity index (χ4v) is 4.17. The van der Waals surface area contributed by atoms with Gasteiger partial charge in [0.25, 0.3) is 0 Å². The Hall–Kier alpha value is -0.350. The smallest absolute Gasteiger partial charge is 0.0931 e.